The van der Waals surface area contributed by atoms with Crippen molar-refractivity contribution in [2.24, 2.45) is 0 Å². The Morgan fingerprint density at radius 2 is 2.10 bits per heavy atom. The molecule has 0 amide bonds. The van der Waals surface area contributed by atoms with Gasteiger partial charge in [-0.1, -0.05) is 6.07 Å². The molecule has 0 bridgehead atoms. The lowest BCUT2D eigenvalue weighted by atomic mass is 10.1. The number of nitrogens with one attached hydrogen (secondary N) is 1. The summed E-state index contributed by atoms with van der Waals surface area (Å²) in [5, 5.41) is 3.46. The van der Waals surface area contributed by atoms with Crippen molar-refractivity contribution in [1.82, 2.24) is 5.32 Å². The van der Waals surface area contributed by atoms with E-state index < -0.39 is 5.79 Å². The Labute approximate surface area is 125 Å². The van der Waals surface area contributed by atoms with Gasteiger partial charge in [-0.25, -0.2) is 0 Å². The van der Waals surface area contributed by atoms with Crippen LogP contribution < -0.4 is 10.1 Å². The molecule has 1 N–H and O–H groups in total. The Morgan fingerprint density at radius 3 is 2.70 bits per heavy atom. The van der Waals surface area contributed by atoms with Crippen molar-refractivity contribution in [3.63, 3.8) is 0 Å². The van der Waals surface area contributed by atoms with Gasteiger partial charge in [-0.3, -0.25) is 0 Å². The monoisotopic (exact) mass is 297 g/mol. The number of hydrogen-bond acceptors (Lipinski definition) is 5. The predicted octanol–water partition coefficient (Wildman–Crippen LogP) is 2.83. The maximum Gasteiger partial charge on any atom is 0.178 e. The van der Waals surface area contributed by atoms with Gasteiger partial charge in [0, 0.05) is 17.5 Å². The molecule has 1 atom stereocenters. The van der Waals surface area contributed by atoms with Crippen LogP contribution in [0.3, 0.4) is 0 Å². The lowest BCUT2D eigenvalue weighted by Crippen LogP contribution is -2.39. The number of hydrogen-bond donors (Lipinski definition) is 1. The molecule has 2 rings (SSSR count). The molecule has 1 aliphatic rings. The molecule has 0 radical (unpaired) electrons. The van der Waals surface area contributed by atoms with Gasteiger partial charge in [-0.15, -0.1) is 11.8 Å². The van der Waals surface area contributed by atoms with Gasteiger partial charge in [0.2, 0.25) is 0 Å². The number of ether oxygens (including phenoxy) is 3. The quantitative estimate of drug-likeness (QED) is 0.818. The first-order chi connectivity index (χ1) is 9.58. The van der Waals surface area contributed by atoms with Crippen molar-refractivity contribution < 1.29 is 14.2 Å². The molecule has 1 aliphatic heterocycles. The standard InChI is InChI=1S/C15H23NO3S/c1-11(16-10-15(2)18-7-8-19-15)12-5-6-14(20-4)13(9-12)17-3/h5-6,9,11,16H,7-8,10H2,1-4H3/t11-/m0/s1. The highest BCUT2D eigenvalue weighted by Gasteiger charge is 2.31. The molecule has 1 heterocycles. The lowest BCUT2D eigenvalue weighted by molar-refractivity contribution is -0.139. The van der Waals surface area contributed by atoms with Crippen molar-refractivity contribution in [2.45, 2.75) is 30.6 Å². The van der Waals surface area contributed by atoms with Crippen molar-refractivity contribution in [1.29, 1.82) is 0 Å². The molecule has 20 heavy (non-hydrogen) atoms. The third-order valence-electron chi connectivity index (χ3n) is 3.54. The SMILES string of the molecule is COc1cc([C@H](C)NCC2(C)OCCO2)ccc1SC. The zero-order valence-electron chi connectivity index (χ0n) is 12.6. The molecule has 0 aliphatic carbocycles. The Morgan fingerprint density at radius 1 is 1.40 bits per heavy atom. The normalized spacial score (nSPS) is 19.0. The Hall–Kier alpha value is -0.750. The zero-order chi connectivity index (χ0) is 14.6. The molecule has 0 aromatic heterocycles. The maximum atomic E-state index is 5.60. The van der Waals surface area contributed by atoms with E-state index in [4.69, 9.17) is 14.2 Å². The summed E-state index contributed by atoms with van der Waals surface area (Å²) in [4.78, 5) is 1.15. The van der Waals surface area contributed by atoms with Crippen LogP contribution in [0.4, 0.5) is 0 Å². The summed E-state index contributed by atoms with van der Waals surface area (Å²) in [7, 11) is 1.71. The molecule has 1 aromatic rings. The number of methoxy groups -OCH3 is 1. The molecular formula is C15H23NO3S. The Bertz CT molecular complexity index is 447. The predicted molar refractivity (Wildman–Crippen MR) is 81.5 cm³/mol. The molecule has 1 saturated heterocycles. The molecule has 1 aromatic carbocycles. The molecule has 0 spiro atoms. The average molecular weight is 297 g/mol. The van der Waals surface area contributed by atoms with Gasteiger partial charge in [0.1, 0.15) is 5.75 Å². The molecule has 1 fully saturated rings. The second-order valence-electron chi connectivity index (χ2n) is 5.05. The van der Waals surface area contributed by atoms with E-state index >= 15 is 0 Å². The van der Waals surface area contributed by atoms with E-state index in [-0.39, 0.29) is 6.04 Å². The van der Waals surface area contributed by atoms with Crippen LogP contribution in [0.25, 0.3) is 0 Å². The van der Waals surface area contributed by atoms with Crippen molar-refractivity contribution in [2.75, 3.05) is 33.1 Å². The fourth-order valence-corrected chi connectivity index (χ4v) is 2.78. The number of benzene rings is 1. The van der Waals surface area contributed by atoms with Crippen LogP contribution in [0.15, 0.2) is 23.1 Å². The fourth-order valence-electron chi connectivity index (χ4n) is 2.24. The van der Waals surface area contributed by atoms with Gasteiger partial charge >= 0.3 is 0 Å². The molecule has 0 unspecified atom stereocenters. The Balaban J connectivity index is 1.99. The summed E-state index contributed by atoms with van der Waals surface area (Å²) in [6.07, 6.45) is 2.05. The zero-order valence-corrected chi connectivity index (χ0v) is 13.4. The van der Waals surface area contributed by atoms with Gasteiger partial charge < -0.3 is 19.5 Å². The summed E-state index contributed by atoms with van der Waals surface area (Å²) < 4.78 is 16.6. The Kier molecular flexibility index (Phi) is 5.32. The molecule has 112 valence electrons. The fraction of sp³-hybridized carbons (Fsp3) is 0.600. The van der Waals surface area contributed by atoms with Crippen LogP contribution in [-0.2, 0) is 9.47 Å². The third-order valence-corrected chi connectivity index (χ3v) is 4.31. The first-order valence-electron chi connectivity index (χ1n) is 6.81. The highest BCUT2D eigenvalue weighted by atomic mass is 32.2. The first-order valence-corrected chi connectivity index (χ1v) is 8.03. The molecule has 4 nitrogen and oxygen atoms in total. The molecule has 5 heteroatoms. The van der Waals surface area contributed by atoms with Gasteiger partial charge in [0.15, 0.2) is 5.79 Å². The first kappa shape index (κ1) is 15.6. The van der Waals surface area contributed by atoms with E-state index in [1.165, 1.54) is 5.56 Å². The van der Waals surface area contributed by atoms with E-state index in [2.05, 4.69) is 36.7 Å². The highest BCUT2D eigenvalue weighted by Crippen LogP contribution is 2.30. The topological polar surface area (TPSA) is 39.7 Å². The number of thioether (sulfide) groups is 1. The van der Waals surface area contributed by atoms with E-state index in [1.807, 2.05) is 6.92 Å². The maximum absolute atomic E-state index is 5.60. The smallest absolute Gasteiger partial charge is 0.178 e. The van der Waals surface area contributed by atoms with E-state index in [9.17, 15) is 0 Å². The molecular weight excluding hydrogens is 274 g/mol. The highest BCUT2D eigenvalue weighted by molar-refractivity contribution is 7.98. The van der Waals surface area contributed by atoms with Crippen LogP contribution in [0.1, 0.15) is 25.5 Å². The summed E-state index contributed by atoms with van der Waals surface area (Å²) in [6.45, 7) is 6.11. The summed E-state index contributed by atoms with van der Waals surface area (Å²) in [5.41, 5.74) is 1.20. The summed E-state index contributed by atoms with van der Waals surface area (Å²) in [5.74, 6) is 0.417. The van der Waals surface area contributed by atoms with Crippen molar-refractivity contribution in [3.8, 4) is 5.75 Å². The average Bonchev–Trinajstić information content (AvgIpc) is 2.91. The summed E-state index contributed by atoms with van der Waals surface area (Å²) >= 11 is 1.69. The third kappa shape index (κ3) is 3.67. The minimum Gasteiger partial charge on any atom is -0.496 e. The van der Waals surface area contributed by atoms with Crippen LogP contribution in [-0.4, -0.2) is 38.9 Å². The molecule has 0 saturated carbocycles. The van der Waals surface area contributed by atoms with E-state index in [1.54, 1.807) is 18.9 Å². The van der Waals surface area contributed by atoms with Crippen LogP contribution in [0, 0.1) is 0 Å². The summed E-state index contributed by atoms with van der Waals surface area (Å²) in [6, 6.07) is 6.53. The van der Waals surface area contributed by atoms with Crippen molar-refractivity contribution in [3.05, 3.63) is 23.8 Å². The second kappa shape index (κ2) is 6.80. The van der Waals surface area contributed by atoms with Gasteiger partial charge in [-0.2, -0.15) is 0 Å². The van der Waals surface area contributed by atoms with E-state index in [0.717, 1.165) is 10.6 Å². The lowest BCUT2D eigenvalue weighted by Gasteiger charge is -2.25. The van der Waals surface area contributed by atoms with Gasteiger partial charge in [0.25, 0.3) is 0 Å². The largest absolute Gasteiger partial charge is 0.496 e. The minimum atomic E-state index is -0.502. The number of rotatable bonds is 6. The van der Waals surface area contributed by atoms with Crippen LogP contribution >= 0.6 is 11.8 Å². The second-order valence-corrected chi connectivity index (χ2v) is 5.90. The van der Waals surface area contributed by atoms with Crippen molar-refractivity contribution >= 4 is 11.8 Å². The van der Waals surface area contributed by atoms with Crippen LogP contribution in [0.2, 0.25) is 0 Å². The van der Waals surface area contributed by atoms with Gasteiger partial charge in [-0.05, 0) is 37.8 Å². The van der Waals surface area contributed by atoms with Gasteiger partial charge in [0.05, 0.1) is 20.3 Å². The minimum absolute atomic E-state index is 0.212. The van der Waals surface area contributed by atoms with Crippen LogP contribution in [0.5, 0.6) is 5.75 Å². The van der Waals surface area contributed by atoms with E-state index in [0.29, 0.717) is 19.8 Å².